The third-order valence-corrected chi connectivity index (χ3v) is 7.92. The molecule has 0 aliphatic rings. The van der Waals surface area contributed by atoms with Crippen LogP contribution in [0.15, 0.2) is 83.9 Å². The predicted octanol–water partition coefficient (Wildman–Crippen LogP) is 5.28. The van der Waals surface area contributed by atoms with E-state index in [-0.39, 0.29) is 17.9 Å². The van der Waals surface area contributed by atoms with Gasteiger partial charge in [-0.2, -0.15) is 0 Å². The Hall–Kier alpha value is -4.54. The van der Waals surface area contributed by atoms with Gasteiger partial charge in [-0.05, 0) is 53.6 Å². The van der Waals surface area contributed by atoms with Gasteiger partial charge in [0.25, 0.3) is 0 Å². The zero-order chi connectivity index (χ0) is 30.6. The first-order valence-corrected chi connectivity index (χ1v) is 15.1. The third-order valence-electron chi connectivity index (χ3n) is 7.04. The average Bonchev–Trinajstić information content (AvgIpc) is 3.66. The van der Waals surface area contributed by atoms with Gasteiger partial charge in [-0.15, -0.1) is 11.3 Å². The minimum atomic E-state index is -0.979. The number of nitrogens with zero attached hydrogens (tertiary/aromatic N) is 2. The second-order valence-electron chi connectivity index (χ2n) is 10.3. The van der Waals surface area contributed by atoms with Crippen molar-refractivity contribution in [2.24, 2.45) is 0 Å². The summed E-state index contributed by atoms with van der Waals surface area (Å²) in [6.07, 6.45) is 7.03. The van der Waals surface area contributed by atoms with Gasteiger partial charge in [0.2, 0.25) is 11.8 Å². The lowest BCUT2D eigenvalue weighted by Gasteiger charge is -2.19. The van der Waals surface area contributed by atoms with Crippen molar-refractivity contribution in [2.75, 3.05) is 0 Å². The zero-order valence-electron chi connectivity index (χ0n) is 24.0. The molecule has 4 rings (SSSR count). The number of carboxylic acid groups (broad SMARTS) is 1. The number of aromatic carboxylic acids is 1. The van der Waals surface area contributed by atoms with Crippen LogP contribution >= 0.6 is 11.3 Å². The summed E-state index contributed by atoms with van der Waals surface area (Å²) in [5, 5.41) is 23.4. The minimum Gasteiger partial charge on any atom is -0.478 e. The van der Waals surface area contributed by atoms with Crippen molar-refractivity contribution in [3.05, 3.63) is 117 Å². The number of rotatable bonds is 15. The van der Waals surface area contributed by atoms with Crippen LogP contribution in [0.2, 0.25) is 0 Å². The molecule has 0 spiro atoms. The van der Waals surface area contributed by atoms with Crippen molar-refractivity contribution >= 4 is 35.2 Å². The maximum absolute atomic E-state index is 13.8. The number of amides is 2. The Morgan fingerprint density at radius 2 is 1.79 bits per heavy atom. The van der Waals surface area contributed by atoms with Crippen LogP contribution in [-0.4, -0.2) is 43.7 Å². The Morgan fingerprint density at radius 1 is 1.02 bits per heavy atom. The highest BCUT2D eigenvalue weighted by molar-refractivity contribution is 7.09. The summed E-state index contributed by atoms with van der Waals surface area (Å²) in [4.78, 5) is 43.0. The fourth-order valence-corrected chi connectivity index (χ4v) is 5.52. The molecule has 2 amide bonds. The normalized spacial score (nSPS) is 12.1. The molecule has 0 radical (unpaired) electrons. The first-order chi connectivity index (χ1) is 20.9. The van der Waals surface area contributed by atoms with Gasteiger partial charge in [0.15, 0.2) is 0 Å². The van der Waals surface area contributed by atoms with Gasteiger partial charge >= 0.3 is 5.97 Å². The summed E-state index contributed by atoms with van der Waals surface area (Å²) in [6, 6.07) is 19.7. The predicted molar refractivity (Wildman–Crippen MR) is 166 cm³/mol. The highest BCUT2D eigenvalue weighted by Gasteiger charge is 2.21. The number of aryl methyl sites for hydroxylation is 1. The van der Waals surface area contributed by atoms with E-state index in [1.54, 1.807) is 47.3 Å². The van der Waals surface area contributed by atoms with Gasteiger partial charge in [0.05, 0.1) is 17.5 Å². The third kappa shape index (κ3) is 9.22. The van der Waals surface area contributed by atoms with Crippen molar-refractivity contribution in [2.45, 2.75) is 58.0 Å². The number of carbonyl (C=O) groups excluding carboxylic acids is 2. The second kappa shape index (κ2) is 15.6. The van der Waals surface area contributed by atoms with Crippen LogP contribution in [0.3, 0.4) is 0 Å². The molecular formula is C33H36N4O5S. The van der Waals surface area contributed by atoms with Crippen molar-refractivity contribution in [3.63, 3.8) is 0 Å². The zero-order valence-corrected chi connectivity index (χ0v) is 24.8. The number of unbranched alkanes of at least 4 members (excludes halogenated alkanes) is 1. The SMILES string of the molecule is CCCCc1ncc(/C=C(\Cc2cccs2)C(=O)N[C@@H](CC(=O)NO)Cc2ccccc2)n1Cc1ccc(C(=O)O)cc1. The minimum absolute atomic E-state index is 0.0884. The maximum atomic E-state index is 13.8. The average molecular weight is 601 g/mol. The number of carbonyl (C=O) groups is 3. The monoisotopic (exact) mass is 600 g/mol. The van der Waals surface area contributed by atoms with E-state index in [4.69, 9.17) is 5.21 Å². The highest BCUT2D eigenvalue weighted by Crippen LogP contribution is 2.21. The highest BCUT2D eigenvalue weighted by atomic mass is 32.1. The Labute approximate surface area is 254 Å². The van der Waals surface area contributed by atoms with Gasteiger partial charge < -0.3 is 15.0 Å². The topological polar surface area (TPSA) is 134 Å². The lowest BCUT2D eigenvalue weighted by Crippen LogP contribution is -2.41. The molecule has 9 nitrogen and oxygen atoms in total. The number of thiophene rings is 1. The Balaban J connectivity index is 1.67. The summed E-state index contributed by atoms with van der Waals surface area (Å²) < 4.78 is 2.06. The molecule has 2 heterocycles. The van der Waals surface area contributed by atoms with Crippen molar-refractivity contribution in [3.8, 4) is 0 Å². The van der Waals surface area contributed by atoms with Crippen molar-refractivity contribution in [1.82, 2.24) is 20.3 Å². The van der Waals surface area contributed by atoms with E-state index in [9.17, 15) is 19.5 Å². The van der Waals surface area contributed by atoms with Gasteiger partial charge in [-0.1, -0.05) is 61.9 Å². The fraction of sp³-hybridized carbons (Fsp3) is 0.273. The van der Waals surface area contributed by atoms with E-state index in [1.165, 1.54) is 0 Å². The van der Waals surface area contributed by atoms with Gasteiger partial charge in [-0.3, -0.25) is 14.8 Å². The number of carboxylic acids is 1. The summed E-state index contributed by atoms with van der Waals surface area (Å²) in [5.41, 5.74) is 5.02. The quantitative estimate of drug-likeness (QED) is 0.0833. The van der Waals surface area contributed by atoms with Crippen molar-refractivity contribution < 1.29 is 24.7 Å². The van der Waals surface area contributed by atoms with E-state index < -0.39 is 17.9 Å². The lowest BCUT2D eigenvalue weighted by atomic mass is 10.0. The number of imidazole rings is 1. The molecule has 224 valence electrons. The lowest BCUT2D eigenvalue weighted by molar-refractivity contribution is -0.130. The Morgan fingerprint density at radius 3 is 2.44 bits per heavy atom. The van der Waals surface area contributed by atoms with Gasteiger partial charge in [-0.25, -0.2) is 15.3 Å². The van der Waals surface area contributed by atoms with E-state index in [2.05, 4.69) is 21.8 Å². The summed E-state index contributed by atoms with van der Waals surface area (Å²) in [7, 11) is 0. The molecule has 10 heteroatoms. The molecular weight excluding hydrogens is 564 g/mol. The molecule has 0 aliphatic carbocycles. The number of hydrogen-bond acceptors (Lipinski definition) is 6. The van der Waals surface area contributed by atoms with Crippen molar-refractivity contribution in [1.29, 1.82) is 0 Å². The summed E-state index contributed by atoms with van der Waals surface area (Å²) in [5.74, 6) is -0.994. The smallest absolute Gasteiger partial charge is 0.335 e. The number of aromatic nitrogens is 2. The molecule has 4 aromatic rings. The van der Waals surface area contributed by atoms with Crippen LogP contribution < -0.4 is 10.8 Å². The van der Waals surface area contributed by atoms with E-state index in [0.717, 1.165) is 46.8 Å². The number of nitrogens with one attached hydrogen (secondary N) is 2. The first-order valence-electron chi connectivity index (χ1n) is 14.2. The maximum Gasteiger partial charge on any atom is 0.335 e. The Kier molecular flexibility index (Phi) is 11.4. The van der Waals surface area contributed by atoms with Gasteiger partial charge in [0.1, 0.15) is 5.82 Å². The van der Waals surface area contributed by atoms with Crippen LogP contribution in [0, 0.1) is 0 Å². The van der Waals surface area contributed by atoms with Crippen LogP contribution in [0.5, 0.6) is 0 Å². The summed E-state index contributed by atoms with van der Waals surface area (Å²) >= 11 is 1.55. The summed E-state index contributed by atoms with van der Waals surface area (Å²) in [6.45, 7) is 2.58. The second-order valence-corrected chi connectivity index (χ2v) is 11.3. The standard InChI is InChI=1S/C33H36N4O5S/c1-2-3-11-30-34-21-28(37(30)22-24-12-14-25(15-13-24)33(40)41)18-26(19-29-10-7-16-43-29)32(39)35-27(20-31(38)36-42)17-23-8-5-4-6-9-23/h4-10,12-16,18,21,27,42H,2-3,11,17,19-20,22H2,1H3,(H,35,39)(H,36,38)(H,40,41)/b26-18+/t27-/m1/s1. The first kappa shape index (κ1) is 31.4. The molecule has 2 aromatic heterocycles. The Bertz CT molecular complexity index is 1530. The molecule has 2 aromatic carbocycles. The van der Waals surface area contributed by atoms with E-state index >= 15 is 0 Å². The molecule has 0 saturated heterocycles. The number of benzene rings is 2. The number of hydrogen-bond donors (Lipinski definition) is 4. The van der Waals surface area contributed by atoms with E-state index in [1.807, 2.05) is 53.9 Å². The van der Waals surface area contributed by atoms with Crippen LogP contribution in [-0.2, 0) is 35.4 Å². The fourth-order valence-electron chi connectivity index (χ4n) is 4.79. The van der Waals surface area contributed by atoms with Crippen LogP contribution in [0.25, 0.3) is 6.08 Å². The molecule has 0 bridgehead atoms. The van der Waals surface area contributed by atoms with Crippen LogP contribution in [0.1, 0.15) is 64.1 Å². The molecule has 0 aliphatic heterocycles. The molecule has 43 heavy (non-hydrogen) atoms. The molecule has 0 fully saturated rings. The largest absolute Gasteiger partial charge is 0.478 e. The molecule has 4 N–H and O–H groups in total. The van der Waals surface area contributed by atoms with Crippen LogP contribution in [0.4, 0.5) is 0 Å². The number of hydroxylamine groups is 1. The molecule has 0 saturated carbocycles. The van der Waals surface area contributed by atoms with E-state index in [0.29, 0.717) is 25.0 Å². The molecule has 0 unspecified atom stereocenters. The van der Waals surface area contributed by atoms with Gasteiger partial charge in [0, 0.05) is 42.3 Å². The molecule has 1 atom stereocenters.